The predicted molar refractivity (Wildman–Crippen MR) is 173 cm³/mol. The van der Waals surface area contributed by atoms with Crippen LogP contribution in [0.3, 0.4) is 0 Å². The molecule has 3 amide bonds. The summed E-state index contributed by atoms with van der Waals surface area (Å²) in [7, 11) is 1.23. The van der Waals surface area contributed by atoms with E-state index in [9.17, 15) is 19.2 Å². The van der Waals surface area contributed by atoms with Gasteiger partial charge in [0, 0.05) is 5.75 Å². The maximum atomic E-state index is 13.4. The number of carbonyl (C=O) groups excluding carboxylic acids is 4. The third kappa shape index (κ3) is 8.73. The molecular formula is C35H35N3O6S. The van der Waals surface area contributed by atoms with Gasteiger partial charge in [0.1, 0.15) is 18.7 Å². The number of alkyl carbamates (subject to hydrolysis) is 1. The Hall–Kier alpha value is -5.09. The summed E-state index contributed by atoms with van der Waals surface area (Å²) in [5, 5.41) is 5.06. The van der Waals surface area contributed by atoms with Gasteiger partial charge in [0.25, 0.3) is 0 Å². The number of esters is 1. The van der Waals surface area contributed by atoms with E-state index in [4.69, 9.17) is 15.2 Å². The standard InChI is InChI=1S/C35H35N3O6S/c1-43-33(41)30(37-32(40)29(22-31(36)39)38-34(42)44-23-25-14-6-2-7-15-25)24-45-35(26-16-8-3-9-17-26,27-18-10-4-11-19-27)28-20-12-5-13-21-28/h2-21,29-30H,22-24H2,1H3,(H2,36,39)(H,37,40)(H,38,42)/t29-,30-/m0/s1. The van der Waals surface area contributed by atoms with Crippen LogP contribution in [0, 0.1) is 0 Å². The van der Waals surface area contributed by atoms with Gasteiger partial charge in [-0.05, 0) is 22.3 Å². The van der Waals surface area contributed by atoms with Crippen molar-refractivity contribution in [2.24, 2.45) is 5.73 Å². The van der Waals surface area contributed by atoms with Crippen LogP contribution in [0.15, 0.2) is 121 Å². The van der Waals surface area contributed by atoms with E-state index >= 15 is 0 Å². The largest absolute Gasteiger partial charge is 0.467 e. The fourth-order valence-electron chi connectivity index (χ4n) is 4.88. The molecule has 2 atom stereocenters. The number of primary amides is 1. The quantitative estimate of drug-likeness (QED) is 0.138. The maximum Gasteiger partial charge on any atom is 0.408 e. The number of rotatable bonds is 14. The summed E-state index contributed by atoms with van der Waals surface area (Å²) in [4.78, 5) is 50.9. The van der Waals surface area contributed by atoms with Gasteiger partial charge in [0.15, 0.2) is 0 Å². The number of carbonyl (C=O) groups is 4. The SMILES string of the molecule is COC(=O)[C@H](CSC(c1ccccc1)(c1ccccc1)c1ccccc1)NC(=O)[C@H](CC(N)=O)NC(=O)OCc1ccccc1. The van der Waals surface area contributed by atoms with Crippen LogP contribution < -0.4 is 16.4 Å². The number of hydrogen-bond donors (Lipinski definition) is 3. The molecule has 4 N–H and O–H groups in total. The van der Waals surface area contributed by atoms with E-state index in [2.05, 4.69) is 10.6 Å². The lowest BCUT2D eigenvalue weighted by molar-refractivity contribution is -0.144. The topological polar surface area (TPSA) is 137 Å². The van der Waals surface area contributed by atoms with Crippen LogP contribution in [-0.4, -0.2) is 48.8 Å². The molecule has 45 heavy (non-hydrogen) atoms. The van der Waals surface area contributed by atoms with Crippen molar-refractivity contribution in [2.75, 3.05) is 12.9 Å². The van der Waals surface area contributed by atoms with Crippen molar-refractivity contribution in [3.05, 3.63) is 144 Å². The van der Waals surface area contributed by atoms with E-state index in [-0.39, 0.29) is 12.4 Å². The van der Waals surface area contributed by atoms with Gasteiger partial charge in [0.2, 0.25) is 11.8 Å². The summed E-state index contributed by atoms with van der Waals surface area (Å²) in [5.41, 5.74) is 9.04. The molecule has 4 aromatic carbocycles. The lowest BCUT2D eigenvalue weighted by Gasteiger charge is -2.36. The van der Waals surface area contributed by atoms with Crippen molar-refractivity contribution in [1.82, 2.24) is 10.6 Å². The van der Waals surface area contributed by atoms with Crippen LogP contribution in [0.1, 0.15) is 28.7 Å². The molecule has 0 heterocycles. The number of nitrogens with two attached hydrogens (primary N) is 1. The molecule has 0 aromatic heterocycles. The van der Waals surface area contributed by atoms with Crippen LogP contribution >= 0.6 is 11.8 Å². The molecule has 0 fully saturated rings. The van der Waals surface area contributed by atoms with Crippen molar-refractivity contribution in [3.63, 3.8) is 0 Å². The number of ether oxygens (including phenoxy) is 2. The number of nitrogens with one attached hydrogen (secondary N) is 2. The Morgan fingerprint density at radius 2 is 1.18 bits per heavy atom. The Morgan fingerprint density at radius 1 is 0.711 bits per heavy atom. The molecule has 0 aliphatic rings. The zero-order valence-electron chi connectivity index (χ0n) is 24.8. The van der Waals surface area contributed by atoms with Gasteiger partial charge in [-0.3, -0.25) is 9.59 Å². The van der Waals surface area contributed by atoms with Gasteiger partial charge >= 0.3 is 12.1 Å². The van der Waals surface area contributed by atoms with Gasteiger partial charge < -0.3 is 25.8 Å². The molecule has 4 rings (SSSR count). The normalized spacial score (nSPS) is 12.3. The maximum absolute atomic E-state index is 13.4. The number of methoxy groups -OCH3 is 1. The fourth-order valence-corrected chi connectivity index (χ4v) is 6.42. The molecule has 0 radical (unpaired) electrons. The number of benzene rings is 4. The molecule has 0 aliphatic carbocycles. The summed E-state index contributed by atoms with van der Waals surface area (Å²) < 4.78 is 9.51. The Labute approximate surface area is 266 Å². The smallest absolute Gasteiger partial charge is 0.408 e. The second-order valence-corrected chi connectivity index (χ2v) is 11.3. The lowest BCUT2D eigenvalue weighted by atomic mass is 9.84. The van der Waals surface area contributed by atoms with E-state index in [1.807, 2.05) is 97.1 Å². The first-order chi connectivity index (χ1) is 21.8. The first-order valence-corrected chi connectivity index (χ1v) is 15.3. The zero-order valence-corrected chi connectivity index (χ0v) is 25.6. The van der Waals surface area contributed by atoms with E-state index in [1.165, 1.54) is 18.9 Å². The first kappa shape index (κ1) is 32.8. The highest BCUT2D eigenvalue weighted by Crippen LogP contribution is 2.48. The number of hydrogen-bond acceptors (Lipinski definition) is 7. The molecule has 9 nitrogen and oxygen atoms in total. The van der Waals surface area contributed by atoms with E-state index < -0.39 is 47.1 Å². The predicted octanol–water partition coefficient (Wildman–Crippen LogP) is 4.54. The van der Waals surface area contributed by atoms with E-state index in [0.29, 0.717) is 0 Å². The third-order valence-electron chi connectivity index (χ3n) is 7.04. The van der Waals surface area contributed by atoms with Gasteiger partial charge in [-0.1, -0.05) is 121 Å². The minimum Gasteiger partial charge on any atom is -0.467 e. The molecule has 0 spiro atoms. The molecule has 0 saturated carbocycles. The highest BCUT2D eigenvalue weighted by atomic mass is 32.2. The summed E-state index contributed by atoms with van der Waals surface area (Å²) in [6, 6.07) is 36.1. The van der Waals surface area contributed by atoms with Crippen molar-refractivity contribution in [2.45, 2.75) is 29.9 Å². The van der Waals surface area contributed by atoms with Gasteiger partial charge in [-0.2, -0.15) is 0 Å². The fraction of sp³-hybridized carbons (Fsp3) is 0.200. The molecule has 10 heteroatoms. The summed E-state index contributed by atoms with van der Waals surface area (Å²) in [5.74, 6) is -2.22. The van der Waals surface area contributed by atoms with Crippen molar-refractivity contribution < 1.29 is 28.7 Å². The number of amides is 3. The summed E-state index contributed by atoms with van der Waals surface area (Å²) in [6.07, 6.45) is -1.42. The van der Waals surface area contributed by atoms with Gasteiger partial charge in [-0.15, -0.1) is 11.8 Å². The van der Waals surface area contributed by atoms with Crippen molar-refractivity contribution >= 4 is 35.6 Å². The Balaban J connectivity index is 1.59. The molecule has 232 valence electrons. The molecule has 0 bridgehead atoms. The number of thioether (sulfide) groups is 1. The van der Waals surface area contributed by atoms with E-state index in [1.54, 1.807) is 24.3 Å². The molecule has 0 saturated heterocycles. The van der Waals surface area contributed by atoms with Crippen LogP contribution in [0.2, 0.25) is 0 Å². The van der Waals surface area contributed by atoms with Crippen LogP contribution in [0.5, 0.6) is 0 Å². The highest BCUT2D eigenvalue weighted by Gasteiger charge is 2.39. The average Bonchev–Trinajstić information content (AvgIpc) is 3.08. The van der Waals surface area contributed by atoms with Gasteiger partial charge in [0.05, 0.1) is 18.3 Å². The second-order valence-electron chi connectivity index (χ2n) is 10.1. The first-order valence-electron chi connectivity index (χ1n) is 14.3. The van der Waals surface area contributed by atoms with Crippen LogP contribution in [0.4, 0.5) is 4.79 Å². The Bertz CT molecular complexity index is 1460. The second kappa shape index (κ2) is 16.1. The summed E-state index contributed by atoms with van der Waals surface area (Å²) in [6.45, 7) is -0.0421. The third-order valence-corrected chi connectivity index (χ3v) is 8.68. The molecule has 0 unspecified atom stereocenters. The highest BCUT2D eigenvalue weighted by molar-refractivity contribution is 8.00. The Kier molecular flexibility index (Phi) is 11.8. The van der Waals surface area contributed by atoms with Crippen LogP contribution in [0.25, 0.3) is 0 Å². The van der Waals surface area contributed by atoms with Crippen molar-refractivity contribution in [3.8, 4) is 0 Å². The average molecular weight is 626 g/mol. The Morgan fingerprint density at radius 3 is 1.62 bits per heavy atom. The molecule has 4 aromatic rings. The lowest BCUT2D eigenvalue weighted by Crippen LogP contribution is -2.54. The van der Waals surface area contributed by atoms with E-state index in [0.717, 1.165) is 22.3 Å². The minimum atomic E-state index is -1.38. The summed E-state index contributed by atoms with van der Waals surface area (Å²) >= 11 is 1.45. The molecule has 0 aliphatic heterocycles. The van der Waals surface area contributed by atoms with Crippen LogP contribution in [-0.2, 0) is 35.2 Å². The van der Waals surface area contributed by atoms with Crippen molar-refractivity contribution in [1.29, 1.82) is 0 Å². The van der Waals surface area contributed by atoms with Gasteiger partial charge in [-0.25, -0.2) is 9.59 Å². The molecular weight excluding hydrogens is 590 g/mol. The zero-order chi connectivity index (χ0) is 32.1. The minimum absolute atomic E-state index is 0.0421. The monoisotopic (exact) mass is 625 g/mol.